The van der Waals surface area contributed by atoms with E-state index in [4.69, 9.17) is 16.3 Å². The van der Waals surface area contributed by atoms with Crippen molar-refractivity contribution in [2.24, 2.45) is 5.92 Å². The van der Waals surface area contributed by atoms with Crippen LogP contribution in [-0.2, 0) is 20.7 Å². The minimum atomic E-state index is -0.704. The van der Waals surface area contributed by atoms with Gasteiger partial charge in [-0.25, -0.2) is 9.18 Å². The first-order valence-corrected chi connectivity index (χ1v) is 14.6. The fourth-order valence-electron chi connectivity index (χ4n) is 5.51. The van der Waals surface area contributed by atoms with Gasteiger partial charge in [-0.15, -0.1) is 0 Å². The number of carbonyl (C=O) groups is 3. The van der Waals surface area contributed by atoms with E-state index in [1.54, 1.807) is 36.6 Å². The van der Waals surface area contributed by atoms with Gasteiger partial charge in [-0.2, -0.15) is 5.26 Å². The van der Waals surface area contributed by atoms with Crippen LogP contribution < -0.4 is 10.6 Å². The van der Waals surface area contributed by atoms with Crippen molar-refractivity contribution in [1.29, 1.82) is 5.26 Å². The van der Waals surface area contributed by atoms with Crippen LogP contribution >= 0.6 is 11.6 Å². The SMILES string of the molecule is C[C@H]1c2ccc(Cl)cc2CCN1C(=O)CNc1cc(NC(=O)CC2CCCN(C(=O)OC(C)(C)C)C2)c(C#N)cc1F. The Labute approximate surface area is 250 Å². The Kier molecular flexibility index (Phi) is 9.62. The largest absolute Gasteiger partial charge is 0.444 e. The summed E-state index contributed by atoms with van der Waals surface area (Å²) < 4.78 is 20.3. The van der Waals surface area contributed by atoms with Gasteiger partial charge in [0.25, 0.3) is 0 Å². The van der Waals surface area contributed by atoms with Crippen LogP contribution in [0.3, 0.4) is 0 Å². The second kappa shape index (κ2) is 13.0. The number of benzene rings is 2. The number of carbonyl (C=O) groups excluding carboxylic acids is 3. The molecular weight excluding hydrogens is 561 g/mol. The molecular formula is C31H37ClFN5O4. The molecule has 4 rings (SSSR count). The number of halogens is 2. The first-order valence-electron chi connectivity index (χ1n) is 14.2. The van der Waals surface area contributed by atoms with Crippen molar-refractivity contribution in [3.8, 4) is 6.07 Å². The van der Waals surface area contributed by atoms with E-state index in [9.17, 15) is 24.0 Å². The fourth-order valence-corrected chi connectivity index (χ4v) is 5.70. The lowest BCUT2D eigenvalue weighted by Crippen LogP contribution is -2.43. The average Bonchev–Trinajstić information content (AvgIpc) is 2.92. The summed E-state index contributed by atoms with van der Waals surface area (Å²) >= 11 is 6.12. The predicted octanol–water partition coefficient (Wildman–Crippen LogP) is 5.88. The molecule has 2 aliphatic rings. The third-order valence-electron chi connectivity index (χ3n) is 7.54. The van der Waals surface area contributed by atoms with E-state index in [0.29, 0.717) is 31.1 Å². The van der Waals surface area contributed by atoms with E-state index in [-0.39, 0.29) is 53.7 Å². The number of anilines is 2. The molecule has 0 radical (unpaired) electrons. The number of likely N-dealkylation sites (tertiary alicyclic amines) is 1. The maximum Gasteiger partial charge on any atom is 0.410 e. The zero-order valence-corrected chi connectivity index (χ0v) is 25.2. The van der Waals surface area contributed by atoms with E-state index in [2.05, 4.69) is 10.6 Å². The van der Waals surface area contributed by atoms with Gasteiger partial charge in [-0.05, 0) is 88.3 Å². The highest BCUT2D eigenvalue weighted by Crippen LogP contribution is 2.32. The summed E-state index contributed by atoms with van der Waals surface area (Å²) in [4.78, 5) is 41.9. The number of amides is 3. The number of ether oxygens (including phenoxy) is 1. The molecule has 0 saturated carbocycles. The second-order valence-electron chi connectivity index (χ2n) is 11.9. The van der Waals surface area contributed by atoms with Gasteiger partial charge < -0.3 is 25.2 Å². The van der Waals surface area contributed by atoms with Crippen molar-refractivity contribution in [2.45, 2.75) is 65.0 Å². The van der Waals surface area contributed by atoms with E-state index >= 15 is 0 Å². The number of piperidine rings is 1. The molecule has 9 nitrogen and oxygen atoms in total. The van der Waals surface area contributed by atoms with Gasteiger partial charge in [0.05, 0.1) is 29.5 Å². The minimum absolute atomic E-state index is 0.00302. The Hall–Kier alpha value is -3.84. The van der Waals surface area contributed by atoms with Crippen molar-refractivity contribution in [3.05, 3.63) is 57.9 Å². The van der Waals surface area contributed by atoms with Gasteiger partial charge in [0, 0.05) is 31.1 Å². The summed E-state index contributed by atoms with van der Waals surface area (Å²) in [6.07, 6.45) is 1.90. The van der Waals surface area contributed by atoms with Gasteiger partial charge in [0.1, 0.15) is 17.5 Å². The first-order chi connectivity index (χ1) is 19.8. The topological polar surface area (TPSA) is 115 Å². The molecule has 2 atom stereocenters. The second-order valence-corrected chi connectivity index (χ2v) is 12.3. The summed E-state index contributed by atoms with van der Waals surface area (Å²) in [6.45, 7) is 8.66. The standard InChI is InChI=1S/C31H37ClFN5O4/c1-19-24-8-7-23(32)13-21(24)9-11-38(19)29(40)17-35-27-15-26(22(16-34)14-25(27)33)36-28(39)12-20-6-5-10-37(18-20)30(41)42-31(2,3)4/h7-8,13-15,19-20,35H,5-6,9-12,17-18H2,1-4H3,(H,36,39)/t19-,20?/m0/s1. The molecule has 11 heteroatoms. The molecule has 2 aliphatic heterocycles. The fraction of sp³-hybridized carbons (Fsp3) is 0.484. The summed E-state index contributed by atoms with van der Waals surface area (Å²) in [7, 11) is 0. The van der Waals surface area contributed by atoms with Gasteiger partial charge >= 0.3 is 6.09 Å². The van der Waals surface area contributed by atoms with Crippen molar-refractivity contribution in [1.82, 2.24) is 9.80 Å². The highest BCUT2D eigenvalue weighted by Gasteiger charge is 2.30. The predicted molar refractivity (Wildman–Crippen MR) is 159 cm³/mol. The van der Waals surface area contributed by atoms with Crippen LogP contribution in [0.2, 0.25) is 5.02 Å². The first kappa shape index (κ1) is 31.1. The third kappa shape index (κ3) is 7.71. The molecule has 1 fully saturated rings. The molecule has 1 unspecified atom stereocenters. The van der Waals surface area contributed by atoms with Gasteiger partial charge in [0.15, 0.2) is 0 Å². The molecule has 2 N–H and O–H groups in total. The van der Waals surface area contributed by atoms with Gasteiger partial charge in [0.2, 0.25) is 11.8 Å². The molecule has 2 aromatic rings. The van der Waals surface area contributed by atoms with Crippen LogP contribution in [0.15, 0.2) is 30.3 Å². The molecule has 224 valence electrons. The summed E-state index contributed by atoms with van der Waals surface area (Å²) in [5, 5.41) is 15.8. The minimum Gasteiger partial charge on any atom is -0.444 e. The number of hydrogen-bond donors (Lipinski definition) is 2. The summed E-state index contributed by atoms with van der Waals surface area (Å²) in [5.41, 5.74) is 1.65. The lowest BCUT2D eigenvalue weighted by molar-refractivity contribution is -0.131. The number of fused-ring (bicyclic) bond motifs is 1. The number of nitrogens with zero attached hydrogens (tertiary/aromatic N) is 3. The quantitative estimate of drug-likeness (QED) is 0.429. The molecule has 1 saturated heterocycles. The highest BCUT2D eigenvalue weighted by atomic mass is 35.5. The molecule has 42 heavy (non-hydrogen) atoms. The molecule has 0 bridgehead atoms. The Bertz CT molecular complexity index is 1400. The zero-order chi connectivity index (χ0) is 30.6. The Morgan fingerprint density at radius 1 is 1.17 bits per heavy atom. The molecule has 3 amide bonds. The van der Waals surface area contributed by atoms with Crippen molar-refractivity contribution < 1.29 is 23.5 Å². The van der Waals surface area contributed by atoms with E-state index < -0.39 is 17.5 Å². The molecule has 2 aromatic carbocycles. The molecule has 0 aliphatic carbocycles. The Morgan fingerprint density at radius 3 is 2.64 bits per heavy atom. The van der Waals surface area contributed by atoms with E-state index in [0.717, 1.165) is 30.0 Å². The molecule has 0 aromatic heterocycles. The summed E-state index contributed by atoms with van der Waals surface area (Å²) in [6, 6.07) is 9.77. The maximum atomic E-state index is 14.9. The monoisotopic (exact) mass is 597 g/mol. The number of hydrogen-bond acceptors (Lipinski definition) is 6. The lowest BCUT2D eigenvalue weighted by Gasteiger charge is -2.35. The number of nitrogens with one attached hydrogen (secondary N) is 2. The van der Waals surface area contributed by atoms with Crippen LogP contribution in [0.1, 0.15) is 69.7 Å². The lowest BCUT2D eigenvalue weighted by atomic mass is 9.93. The Morgan fingerprint density at radius 2 is 1.93 bits per heavy atom. The number of rotatable bonds is 6. The van der Waals surface area contributed by atoms with E-state index in [1.165, 1.54) is 6.07 Å². The third-order valence-corrected chi connectivity index (χ3v) is 7.78. The Balaban J connectivity index is 1.37. The van der Waals surface area contributed by atoms with Gasteiger partial charge in [-0.3, -0.25) is 9.59 Å². The smallest absolute Gasteiger partial charge is 0.410 e. The summed E-state index contributed by atoms with van der Waals surface area (Å²) in [5.74, 6) is -1.34. The zero-order valence-electron chi connectivity index (χ0n) is 24.4. The van der Waals surface area contributed by atoms with Crippen LogP contribution in [0.5, 0.6) is 0 Å². The van der Waals surface area contributed by atoms with Crippen molar-refractivity contribution in [3.63, 3.8) is 0 Å². The average molecular weight is 598 g/mol. The number of nitriles is 1. The van der Waals surface area contributed by atoms with Crippen molar-refractivity contribution >= 4 is 40.9 Å². The molecule has 2 heterocycles. The van der Waals surface area contributed by atoms with Crippen LogP contribution in [0, 0.1) is 23.1 Å². The van der Waals surface area contributed by atoms with Crippen molar-refractivity contribution in [2.75, 3.05) is 36.8 Å². The normalized spacial score (nSPS) is 18.5. The van der Waals surface area contributed by atoms with Crippen LogP contribution in [-0.4, -0.2) is 59.5 Å². The van der Waals surface area contributed by atoms with E-state index in [1.807, 2.05) is 25.1 Å². The van der Waals surface area contributed by atoms with Crippen LogP contribution in [0.4, 0.5) is 20.6 Å². The highest BCUT2D eigenvalue weighted by molar-refractivity contribution is 6.30. The maximum absolute atomic E-state index is 14.9. The van der Waals surface area contributed by atoms with Crippen LogP contribution in [0.25, 0.3) is 0 Å². The molecule has 0 spiro atoms. The van der Waals surface area contributed by atoms with Gasteiger partial charge in [-0.1, -0.05) is 17.7 Å².